The molecule has 0 saturated carbocycles. The molecule has 1 aromatic rings. The molecule has 1 amide bonds. The average molecular weight is 558 g/mol. The quantitative estimate of drug-likeness (QED) is 0.0695. The van der Waals surface area contributed by atoms with E-state index in [2.05, 4.69) is 17.0 Å². The summed E-state index contributed by atoms with van der Waals surface area (Å²) in [6.07, 6.45) is 18.0. The van der Waals surface area contributed by atoms with Crippen LogP contribution in [-0.4, -0.2) is 37.8 Å². The van der Waals surface area contributed by atoms with Crippen LogP contribution in [0.3, 0.4) is 0 Å². The summed E-state index contributed by atoms with van der Waals surface area (Å²) < 4.78 is 27.9. The zero-order chi connectivity index (χ0) is 27.2. The van der Waals surface area contributed by atoms with Crippen molar-refractivity contribution in [2.24, 2.45) is 0 Å². The molecule has 212 valence electrons. The van der Waals surface area contributed by atoms with Gasteiger partial charge in [-0.15, -0.1) is 0 Å². The van der Waals surface area contributed by atoms with Crippen molar-refractivity contribution in [3.8, 4) is 5.75 Å². The Bertz CT molecular complexity index is 860. The highest BCUT2D eigenvalue weighted by Gasteiger charge is 2.08. The number of aliphatic carboxylic acids is 1. The number of carboxylic acid groups (broad SMARTS) is 1. The summed E-state index contributed by atoms with van der Waals surface area (Å²) in [6, 6.07) is 7.31. The molecule has 7 nitrogen and oxygen atoms in total. The summed E-state index contributed by atoms with van der Waals surface area (Å²) in [7, 11) is -3.25. The first-order chi connectivity index (χ1) is 17.8. The minimum absolute atomic E-state index is 0.0147. The van der Waals surface area contributed by atoms with Crippen molar-refractivity contribution in [3.05, 3.63) is 24.3 Å². The van der Waals surface area contributed by atoms with Crippen LogP contribution < -0.4 is 10.1 Å². The van der Waals surface area contributed by atoms with E-state index in [1.807, 2.05) is 18.2 Å². The van der Waals surface area contributed by atoms with Crippen molar-refractivity contribution in [3.63, 3.8) is 0 Å². The van der Waals surface area contributed by atoms with Crippen LogP contribution in [-0.2, 0) is 18.5 Å². The second-order valence-electron chi connectivity index (χ2n) is 9.73. The Balaban J connectivity index is 1.99. The van der Waals surface area contributed by atoms with Gasteiger partial charge < -0.3 is 15.2 Å². The zero-order valence-electron chi connectivity index (χ0n) is 22.3. The van der Waals surface area contributed by atoms with Crippen LogP contribution in [0.1, 0.15) is 116 Å². The molecule has 37 heavy (non-hydrogen) atoms. The van der Waals surface area contributed by atoms with E-state index in [0.717, 1.165) is 38.5 Å². The van der Waals surface area contributed by atoms with Gasteiger partial charge in [0.05, 0.1) is 18.0 Å². The van der Waals surface area contributed by atoms with Crippen LogP contribution in [0.5, 0.6) is 5.75 Å². The Kier molecular flexibility index (Phi) is 19.1. The summed E-state index contributed by atoms with van der Waals surface area (Å²) >= 11 is 3.54. The number of carboxylic acids is 1. The highest BCUT2D eigenvalue weighted by molar-refractivity contribution is 8.63. The summed E-state index contributed by atoms with van der Waals surface area (Å²) in [5, 5.41) is 11.5. The van der Waals surface area contributed by atoms with E-state index in [-0.39, 0.29) is 11.7 Å². The maximum Gasteiger partial charge on any atom is 0.303 e. The second-order valence-corrected chi connectivity index (χ2v) is 13.0. The number of benzene rings is 1. The minimum Gasteiger partial charge on any atom is -0.491 e. The van der Waals surface area contributed by atoms with Crippen LogP contribution in [0.25, 0.3) is 0 Å². The van der Waals surface area contributed by atoms with Gasteiger partial charge in [-0.25, -0.2) is 8.42 Å². The first kappa shape index (κ1) is 33.3. The monoisotopic (exact) mass is 557 g/mol. The molecule has 1 aromatic carbocycles. The number of para-hydroxylation sites is 2. The molecular formula is C28H47NO6S2. The first-order valence-corrected chi connectivity index (χ1v) is 16.7. The maximum absolute atomic E-state index is 12.3. The van der Waals surface area contributed by atoms with Crippen LogP contribution in [0, 0.1) is 0 Å². The van der Waals surface area contributed by atoms with Gasteiger partial charge in [0.2, 0.25) is 5.91 Å². The number of hydrogen-bond donors (Lipinski definition) is 3. The number of carbonyl (C=O) groups excluding carboxylic acids is 1. The zero-order valence-corrected chi connectivity index (χ0v) is 24.0. The smallest absolute Gasteiger partial charge is 0.303 e. The molecule has 0 aromatic heterocycles. The number of carbonyl (C=O) groups is 2. The van der Waals surface area contributed by atoms with Crippen molar-refractivity contribution in [1.29, 1.82) is 0 Å². The molecule has 0 fully saturated rings. The number of hydrogen-bond acceptors (Lipinski definition) is 5. The molecule has 0 unspecified atom stereocenters. The highest BCUT2D eigenvalue weighted by atomic mass is 33.1. The van der Waals surface area contributed by atoms with Crippen LogP contribution in [0.15, 0.2) is 24.3 Å². The summed E-state index contributed by atoms with van der Waals surface area (Å²) in [6.45, 7) is 0.381. The molecule has 1 rings (SSSR count). The predicted molar refractivity (Wildman–Crippen MR) is 154 cm³/mol. The van der Waals surface area contributed by atoms with E-state index in [4.69, 9.17) is 9.84 Å². The molecule has 0 aliphatic rings. The van der Waals surface area contributed by atoms with Crippen molar-refractivity contribution < 1.29 is 27.9 Å². The van der Waals surface area contributed by atoms with E-state index < -0.39 is 14.8 Å². The van der Waals surface area contributed by atoms with Gasteiger partial charge in [0.25, 0.3) is 0 Å². The average Bonchev–Trinajstić information content (AvgIpc) is 2.83. The molecular weight excluding hydrogens is 510 g/mol. The molecule has 0 bridgehead atoms. The number of amides is 1. The third-order valence-electron chi connectivity index (χ3n) is 6.26. The third-order valence-corrected chi connectivity index (χ3v) is 7.61. The molecule has 0 radical (unpaired) electrons. The largest absolute Gasteiger partial charge is 0.491 e. The van der Waals surface area contributed by atoms with Gasteiger partial charge in [-0.3, -0.25) is 9.59 Å². The number of nitrogens with one attached hydrogen (secondary N) is 1. The van der Waals surface area contributed by atoms with Gasteiger partial charge in [0.1, 0.15) is 5.75 Å². The lowest BCUT2D eigenvalue weighted by molar-refractivity contribution is -0.137. The van der Waals surface area contributed by atoms with Crippen LogP contribution in [0.4, 0.5) is 5.69 Å². The number of ether oxygens (including phenoxy) is 1. The first-order valence-electron chi connectivity index (χ1n) is 14.0. The van der Waals surface area contributed by atoms with Gasteiger partial charge in [-0.2, -0.15) is 0 Å². The number of unbranched alkanes of at least 4 members (excludes halogenated alkanes) is 14. The van der Waals surface area contributed by atoms with E-state index in [0.29, 0.717) is 43.7 Å². The number of rotatable bonds is 24. The van der Waals surface area contributed by atoms with Crippen molar-refractivity contribution in [1.82, 2.24) is 0 Å². The Hall–Kier alpha value is -1.74. The fraction of sp³-hybridized carbons (Fsp3) is 0.714. The summed E-state index contributed by atoms with van der Waals surface area (Å²) in [5.41, 5.74) is 0.646. The molecule has 0 spiro atoms. The number of anilines is 1. The van der Waals surface area contributed by atoms with Crippen LogP contribution >= 0.6 is 11.7 Å². The fourth-order valence-corrected chi connectivity index (χ4v) is 5.12. The van der Waals surface area contributed by atoms with E-state index in [1.54, 1.807) is 6.07 Å². The predicted octanol–water partition coefficient (Wildman–Crippen LogP) is 7.37. The SMILES string of the molecule is O=C(O)CCCCCCCCCCCCCCCCC(=O)Nc1ccccc1OCCCCS(=O)(=O)S. The molecule has 0 atom stereocenters. The van der Waals surface area contributed by atoms with Gasteiger partial charge in [-0.1, -0.05) is 89.2 Å². The molecule has 0 aliphatic carbocycles. The lowest BCUT2D eigenvalue weighted by Gasteiger charge is -2.12. The standard InChI is InChI=1S/C28H47NO6S2/c30-27(29-25-19-15-16-20-26(25)35-23-17-18-24-37(33,34)36)21-13-11-9-7-5-3-1-2-4-6-8-10-12-14-22-28(31)32/h15-16,19-20H,1-14,17-18,21-24H2,(H,29,30)(H,31,32)(H,33,34,36). The van der Waals surface area contributed by atoms with Gasteiger partial charge >= 0.3 is 5.97 Å². The molecule has 9 heteroatoms. The van der Waals surface area contributed by atoms with Gasteiger partial charge in [-0.05, 0) is 49.5 Å². The van der Waals surface area contributed by atoms with E-state index in [9.17, 15) is 18.0 Å². The molecule has 0 heterocycles. The Labute approximate surface area is 228 Å². The third kappa shape index (κ3) is 20.9. The van der Waals surface area contributed by atoms with Crippen molar-refractivity contribution in [2.45, 2.75) is 116 Å². The van der Waals surface area contributed by atoms with Gasteiger partial charge in [0.15, 0.2) is 8.87 Å². The molecule has 0 saturated heterocycles. The summed E-state index contributed by atoms with van der Waals surface area (Å²) in [5.74, 6) is -0.0807. The topological polar surface area (TPSA) is 110 Å². The fourth-order valence-electron chi connectivity index (χ4n) is 4.16. The lowest BCUT2D eigenvalue weighted by Crippen LogP contribution is -2.12. The van der Waals surface area contributed by atoms with E-state index in [1.165, 1.54) is 51.4 Å². The van der Waals surface area contributed by atoms with Crippen molar-refractivity contribution in [2.75, 3.05) is 17.7 Å². The highest BCUT2D eigenvalue weighted by Crippen LogP contribution is 2.24. The molecule has 2 N–H and O–H groups in total. The maximum atomic E-state index is 12.3. The lowest BCUT2D eigenvalue weighted by atomic mass is 10.0. The molecule has 0 aliphatic heterocycles. The Morgan fingerprint density at radius 1 is 0.730 bits per heavy atom. The second kappa shape index (κ2) is 21.2. The van der Waals surface area contributed by atoms with Gasteiger partial charge in [0, 0.05) is 12.8 Å². The Morgan fingerprint density at radius 3 is 1.73 bits per heavy atom. The van der Waals surface area contributed by atoms with Crippen molar-refractivity contribution >= 4 is 38.1 Å². The minimum atomic E-state index is -3.25. The van der Waals surface area contributed by atoms with Crippen LogP contribution in [0.2, 0.25) is 0 Å². The normalized spacial score (nSPS) is 11.4. The number of thiol groups is 1. The van der Waals surface area contributed by atoms with E-state index >= 15 is 0 Å². The summed E-state index contributed by atoms with van der Waals surface area (Å²) in [4.78, 5) is 22.8. The Morgan fingerprint density at radius 2 is 1.22 bits per heavy atom.